The molecule has 3 heterocycles. The first-order chi connectivity index (χ1) is 11.8. The molecule has 8 nitrogen and oxygen atoms in total. The van der Waals surface area contributed by atoms with Gasteiger partial charge in [0, 0.05) is 11.8 Å². The highest BCUT2D eigenvalue weighted by Crippen LogP contribution is 2.26. The van der Waals surface area contributed by atoms with E-state index in [9.17, 15) is 14.7 Å². The third kappa shape index (κ3) is 3.34. The molecule has 0 radical (unpaired) electrons. The number of amides is 1. The topological polar surface area (TPSA) is 102 Å². The lowest BCUT2D eigenvalue weighted by Gasteiger charge is -2.23. The van der Waals surface area contributed by atoms with Gasteiger partial charge in [-0.1, -0.05) is 6.07 Å². The number of fused-ring (bicyclic) bond motifs is 1. The minimum atomic E-state index is -1.28. The van der Waals surface area contributed by atoms with Gasteiger partial charge in [0.15, 0.2) is 5.65 Å². The van der Waals surface area contributed by atoms with Crippen molar-refractivity contribution in [2.24, 2.45) is 0 Å². The fourth-order valence-electron chi connectivity index (χ4n) is 2.79. The Hall–Kier alpha value is -2.87. The molecule has 0 fully saturated rings. The van der Waals surface area contributed by atoms with Crippen LogP contribution in [-0.2, 0) is 16.9 Å². The van der Waals surface area contributed by atoms with Gasteiger partial charge in [-0.2, -0.15) is 0 Å². The van der Waals surface area contributed by atoms with Crippen molar-refractivity contribution in [1.29, 1.82) is 0 Å². The first-order valence-corrected chi connectivity index (χ1v) is 7.89. The fraction of sp³-hybridized carbons (Fsp3) is 0.353. The molecule has 3 aromatic heterocycles. The number of hydrogen-bond acceptors (Lipinski definition) is 5. The highest BCUT2D eigenvalue weighted by atomic mass is 16.3. The third-order valence-electron chi connectivity index (χ3n) is 4.03. The summed E-state index contributed by atoms with van der Waals surface area (Å²) in [5.74, 6) is 0.882. The van der Waals surface area contributed by atoms with Crippen molar-refractivity contribution in [2.45, 2.75) is 32.9 Å². The Morgan fingerprint density at radius 1 is 1.40 bits per heavy atom. The van der Waals surface area contributed by atoms with Gasteiger partial charge in [-0.3, -0.25) is 9.20 Å². The van der Waals surface area contributed by atoms with Gasteiger partial charge in [0.25, 0.3) is 0 Å². The molecular formula is C17H20N4O4. The SMILES string of the molecule is Cc1cc([C@](C)(O)CNC(=O)Cn2nc3ccccn3c2=O)c(C)o1. The lowest BCUT2D eigenvalue weighted by Crippen LogP contribution is -2.41. The van der Waals surface area contributed by atoms with Crippen molar-refractivity contribution in [1.82, 2.24) is 19.5 Å². The quantitative estimate of drug-likeness (QED) is 0.710. The van der Waals surface area contributed by atoms with Crippen LogP contribution in [0.4, 0.5) is 0 Å². The van der Waals surface area contributed by atoms with Crippen LogP contribution in [0, 0.1) is 13.8 Å². The molecule has 8 heteroatoms. The van der Waals surface area contributed by atoms with Crippen molar-refractivity contribution in [3.8, 4) is 0 Å². The molecule has 132 valence electrons. The van der Waals surface area contributed by atoms with E-state index in [0.717, 1.165) is 4.68 Å². The summed E-state index contributed by atoms with van der Waals surface area (Å²) in [6.07, 6.45) is 1.59. The Balaban J connectivity index is 1.69. The van der Waals surface area contributed by atoms with Gasteiger partial charge in [-0.25, -0.2) is 9.48 Å². The van der Waals surface area contributed by atoms with Gasteiger partial charge in [-0.15, -0.1) is 5.10 Å². The van der Waals surface area contributed by atoms with Crippen LogP contribution in [0.15, 0.2) is 39.7 Å². The largest absolute Gasteiger partial charge is 0.466 e. The Morgan fingerprint density at radius 3 is 2.80 bits per heavy atom. The molecule has 0 aliphatic carbocycles. The van der Waals surface area contributed by atoms with Gasteiger partial charge in [-0.05, 0) is 39.0 Å². The van der Waals surface area contributed by atoms with E-state index in [4.69, 9.17) is 4.42 Å². The second-order valence-corrected chi connectivity index (χ2v) is 6.25. The van der Waals surface area contributed by atoms with Gasteiger partial charge in [0.2, 0.25) is 5.91 Å². The Bertz CT molecular complexity index is 980. The molecule has 0 spiro atoms. The maximum absolute atomic E-state index is 12.2. The maximum Gasteiger partial charge on any atom is 0.350 e. The molecule has 0 bridgehead atoms. The van der Waals surface area contributed by atoms with E-state index in [2.05, 4.69) is 10.4 Å². The van der Waals surface area contributed by atoms with Crippen LogP contribution in [0.1, 0.15) is 24.0 Å². The van der Waals surface area contributed by atoms with E-state index in [1.165, 1.54) is 4.40 Å². The molecule has 0 aromatic carbocycles. The Kier molecular flexibility index (Phi) is 4.22. The monoisotopic (exact) mass is 344 g/mol. The summed E-state index contributed by atoms with van der Waals surface area (Å²) < 4.78 is 7.87. The first kappa shape index (κ1) is 17.0. The van der Waals surface area contributed by atoms with Crippen LogP contribution in [0.2, 0.25) is 0 Å². The predicted octanol–water partition coefficient (Wildman–Crippen LogP) is 0.730. The van der Waals surface area contributed by atoms with Crippen LogP contribution in [0.5, 0.6) is 0 Å². The zero-order valence-electron chi connectivity index (χ0n) is 14.3. The molecule has 3 aromatic rings. The van der Waals surface area contributed by atoms with Crippen LogP contribution in [-0.4, -0.2) is 31.7 Å². The molecular weight excluding hydrogens is 324 g/mol. The molecule has 25 heavy (non-hydrogen) atoms. The van der Waals surface area contributed by atoms with E-state index in [0.29, 0.717) is 22.7 Å². The number of aryl methyl sites for hydroxylation is 2. The molecule has 0 aliphatic rings. The third-order valence-corrected chi connectivity index (χ3v) is 4.03. The highest BCUT2D eigenvalue weighted by Gasteiger charge is 2.28. The summed E-state index contributed by atoms with van der Waals surface area (Å²) in [6.45, 7) is 4.92. The molecule has 1 amide bonds. The zero-order valence-corrected chi connectivity index (χ0v) is 14.3. The Labute approximate surface area is 143 Å². The van der Waals surface area contributed by atoms with E-state index >= 15 is 0 Å². The van der Waals surface area contributed by atoms with Gasteiger partial charge in [0.1, 0.15) is 23.7 Å². The summed E-state index contributed by atoms with van der Waals surface area (Å²) in [5, 5.41) is 17.3. The average Bonchev–Trinajstić information content (AvgIpc) is 3.06. The van der Waals surface area contributed by atoms with Crippen LogP contribution in [0.25, 0.3) is 5.65 Å². The minimum absolute atomic E-state index is 0.00618. The van der Waals surface area contributed by atoms with Gasteiger partial charge < -0.3 is 14.8 Å². The summed E-state index contributed by atoms with van der Waals surface area (Å²) >= 11 is 0. The number of pyridine rings is 1. The van der Waals surface area contributed by atoms with Gasteiger partial charge >= 0.3 is 5.69 Å². The zero-order chi connectivity index (χ0) is 18.2. The Morgan fingerprint density at radius 2 is 2.16 bits per heavy atom. The summed E-state index contributed by atoms with van der Waals surface area (Å²) in [6, 6.07) is 6.91. The molecule has 0 saturated carbocycles. The molecule has 0 unspecified atom stereocenters. The summed E-state index contributed by atoms with van der Waals surface area (Å²) in [7, 11) is 0. The molecule has 1 atom stereocenters. The van der Waals surface area contributed by atoms with Gasteiger partial charge in [0.05, 0.1) is 6.54 Å². The van der Waals surface area contributed by atoms with Crippen LogP contribution < -0.4 is 11.0 Å². The summed E-state index contributed by atoms with van der Waals surface area (Å²) in [4.78, 5) is 24.3. The summed E-state index contributed by atoms with van der Waals surface area (Å²) in [5.41, 5.74) is -0.577. The number of aliphatic hydroxyl groups is 1. The van der Waals surface area contributed by atoms with Crippen molar-refractivity contribution < 1.29 is 14.3 Å². The number of nitrogens with zero attached hydrogens (tertiary/aromatic N) is 3. The number of rotatable bonds is 5. The smallest absolute Gasteiger partial charge is 0.350 e. The predicted molar refractivity (Wildman–Crippen MR) is 90.2 cm³/mol. The second-order valence-electron chi connectivity index (χ2n) is 6.25. The minimum Gasteiger partial charge on any atom is -0.466 e. The van der Waals surface area contributed by atoms with Crippen LogP contribution >= 0.6 is 0 Å². The first-order valence-electron chi connectivity index (χ1n) is 7.89. The van der Waals surface area contributed by atoms with Crippen molar-refractivity contribution in [3.05, 3.63) is 58.0 Å². The maximum atomic E-state index is 12.2. The van der Waals surface area contributed by atoms with Crippen molar-refractivity contribution in [3.63, 3.8) is 0 Å². The van der Waals surface area contributed by atoms with E-state index < -0.39 is 11.5 Å². The molecule has 0 aliphatic heterocycles. The standard InChI is InChI=1S/C17H20N4O4/c1-11-8-13(12(2)25-11)17(3,24)10-18-15(22)9-21-16(23)20-7-5-4-6-14(20)19-21/h4-8,24H,9-10H2,1-3H3,(H,18,22)/t17-/m1/s1. The number of hydrogen-bond donors (Lipinski definition) is 2. The number of aromatic nitrogens is 3. The van der Waals surface area contributed by atoms with E-state index in [1.54, 1.807) is 51.2 Å². The van der Waals surface area contributed by atoms with Crippen molar-refractivity contribution in [2.75, 3.05) is 6.54 Å². The number of nitrogens with one attached hydrogen (secondary N) is 1. The van der Waals surface area contributed by atoms with E-state index in [1.807, 2.05) is 0 Å². The van der Waals surface area contributed by atoms with E-state index in [-0.39, 0.29) is 18.8 Å². The van der Waals surface area contributed by atoms with Crippen LogP contribution in [0.3, 0.4) is 0 Å². The lowest BCUT2D eigenvalue weighted by molar-refractivity contribution is -0.123. The number of furan rings is 1. The lowest BCUT2D eigenvalue weighted by atomic mass is 9.96. The second kappa shape index (κ2) is 6.21. The number of carbonyl (C=O) groups excluding carboxylic acids is 1. The normalized spacial score (nSPS) is 13.8. The average molecular weight is 344 g/mol. The molecule has 3 rings (SSSR count). The van der Waals surface area contributed by atoms with Crippen molar-refractivity contribution >= 4 is 11.6 Å². The fourth-order valence-corrected chi connectivity index (χ4v) is 2.79. The molecule has 2 N–H and O–H groups in total. The molecule has 0 saturated heterocycles. The highest BCUT2D eigenvalue weighted by molar-refractivity contribution is 5.75. The number of carbonyl (C=O) groups is 1.